The van der Waals surface area contributed by atoms with Gasteiger partial charge >= 0.3 is 0 Å². The van der Waals surface area contributed by atoms with E-state index in [1.165, 1.54) is 0 Å². The summed E-state index contributed by atoms with van der Waals surface area (Å²) in [6, 6.07) is 0. The smallest absolute Gasteiger partial charge is 0.196 e. The fourth-order valence-corrected chi connectivity index (χ4v) is 7.36. The summed E-state index contributed by atoms with van der Waals surface area (Å²) in [5.74, 6) is -0.983. The zero-order valence-electron chi connectivity index (χ0n) is 16.2. The van der Waals surface area contributed by atoms with E-state index in [0.29, 0.717) is 6.42 Å². The first kappa shape index (κ1) is 19.0. The van der Waals surface area contributed by atoms with Gasteiger partial charge < -0.3 is 10.2 Å². The fraction of sp³-hybridized carbons (Fsp3) is 0.727. The zero-order chi connectivity index (χ0) is 19.8. The maximum atomic E-state index is 13.3. The molecule has 5 heteroatoms. The number of alkyl halides is 1. The monoisotopic (exact) mass is 376 g/mol. The van der Waals surface area contributed by atoms with Gasteiger partial charge in [-0.1, -0.05) is 32.4 Å². The predicted octanol–water partition coefficient (Wildman–Crippen LogP) is 2.78. The van der Waals surface area contributed by atoms with Crippen molar-refractivity contribution in [1.82, 2.24) is 0 Å². The minimum atomic E-state index is -1.73. The van der Waals surface area contributed by atoms with Crippen molar-refractivity contribution < 1.29 is 24.2 Å². The Kier molecular flexibility index (Phi) is 4.11. The molecule has 4 nitrogen and oxygen atoms in total. The predicted molar refractivity (Wildman–Crippen MR) is 98.5 cm³/mol. The molecule has 0 aromatic rings. The maximum absolute atomic E-state index is 13.3. The van der Waals surface area contributed by atoms with Crippen LogP contribution >= 0.6 is 0 Å². The van der Waals surface area contributed by atoms with E-state index in [-0.39, 0.29) is 41.3 Å². The Morgan fingerprint density at radius 1 is 1.37 bits per heavy atom. The first-order valence-electron chi connectivity index (χ1n) is 10.0. The van der Waals surface area contributed by atoms with Crippen LogP contribution in [-0.2, 0) is 9.59 Å². The molecule has 4 aliphatic rings. The number of aliphatic hydroxyl groups is 2. The lowest BCUT2D eigenvalue weighted by molar-refractivity contribution is -0.182. The average molecular weight is 376 g/mol. The van der Waals surface area contributed by atoms with E-state index in [9.17, 15) is 24.2 Å². The van der Waals surface area contributed by atoms with Crippen LogP contribution in [0.1, 0.15) is 46.5 Å². The van der Waals surface area contributed by atoms with E-state index >= 15 is 0 Å². The Morgan fingerprint density at radius 2 is 2.07 bits per heavy atom. The van der Waals surface area contributed by atoms with Crippen LogP contribution in [0.4, 0.5) is 4.39 Å². The highest BCUT2D eigenvalue weighted by molar-refractivity contribution is 6.01. The number of hydrogen-bond donors (Lipinski definition) is 2. The number of fused-ring (bicyclic) bond motifs is 5. The quantitative estimate of drug-likeness (QED) is 0.777. The van der Waals surface area contributed by atoms with Gasteiger partial charge in [-0.25, -0.2) is 4.39 Å². The molecular weight excluding hydrogens is 347 g/mol. The van der Waals surface area contributed by atoms with Crippen LogP contribution in [0.3, 0.4) is 0 Å². The second-order valence-corrected chi connectivity index (χ2v) is 9.67. The summed E-state index contributed by atoms with van der Waals surface area (Å²) < 4.78 is 13.3. The van der Waals surface area contributed by atoms with Crippen LogP contribution in [0.15, 0.2) is 23.8 Å². The largest absolute Gasteiger partial charge is 0.393 e. The zero-order valence-corrected chi connectivity index (χ0v) is 16.2. The van der Waals surface area contributed by atoms with E-state index in [1.54, 1.807) is 12.2 Å². The summed E-state index contributed by atoms with van der Waals surface area (Å²) in [7, 11) is 0. The van der Waals surface area contributed by atoms with Crippen molar-refractivity contribution >= 4 is 11.6 Å². The molecule has 0 amide bonds. The number of ketones is 2. The second-order valence-electron chi connectivity index (χ2n) is 9.67. The van der Waals surface area contributed by atoms with Crippen molar-refractivity contribution in [2.75, 3.05) is 6.67 Å². The van der Waals surface area contributed by atoms with Crippen molar-refractivity contribution in [2.24, 2.45) is 34.5 Å². The molecule has 0 bridgehead atoms. The number of hydrogen-bond acceptors (Lipinski definition) is 4. The Morgan fingerprint density at radius 3 is 2.74 bits per heavy atom. The Balaban J connectivity index is 1.78. The fourth-order valence-electron chi connectivity index (χ4n) is 7.36. The van der Waals surface area contributed by atoms with Gasteiger partial charge in [-0.3, -0.25) is 9.59 Å². The first-order chi connectivity index (χ1) is 12.6. The lowest BCUT2D eigenvalue weighted by Gasteiger charge is -2.59. The second kappa shape index (κ2) is 5.84. The third-order valence-electron chi connectivity index (χ3n) is 8.62. The molecule has 0 spiro atoms. The van der Waals surface area contributed by atoms with Gasteiger partial charge in [0.15, 0.2) is 18.2 Å². The Hall–Kier alpha value is -1.33. The highest BCUT2D eigenvalue weighted by Gasteiger charge is 2.70. The molecule has 2 N–H and O–H groups in total. The summed E-state index contributed by atoms with van der Waals surface area (Å²) >= 11 is 0. The standard InChI is InChI=1S/C22H29FO4/c1-12-8-16-15-5-4-13-9-14(24)6-7-20(13,2)19(15)17(25)10-21(16,3)22(12,27)18(26)11-23/h6-7,9,12,15-17,19,25,27H,4-5,8,10-11H2,1-3H3/t12-,15-,16-,17-,19+,20-,21-,22-/m0/s1. The first-order valence-corrected chi connectivity index (χ1v) is 10.0. The van der Waals surface area contributed by atoms with Gasteiger partial charge in [-0.2, -0.15) is 0 Å². The molecule has 0 heterocycles. The van der Waals surface area contributed by atoms with Gasteiger partial charge in [-0.15, -0.1) is 0 Å². The lowest BCUT2D eigenvalue weighted by atomic mass is 9.46. The van der Waals surface area contributed by atoms with Crippen molar-refractivity contribution in [2.45, 2.75) is 58.2 Å². The van der Waals surface area contributed by atoms with E-state index in [1.807, 2.05) is 19.9 Å². The molecule has 0 radical (unpaired) electrons. The molecule has 8 atom stereocenters. The molecule has 4 rings (SSSR count). The molecule has 27 heavy (non-hydrogen) atoms. The minimum Gasteiger partial charge on any atom is -0.393 e. The SMILES string of the molecule is C[C@H]1C[C@H]2[C@@H]3CCC4=CC(=O)C=C[C@]4(C)[C@H]3[C@@H](O)C[C@]2(C)[C@@]1(O)C(=O)CF. The van der Waals surface area contributed by atoms with Crippen LogP contribution in [0.25, 0.3) is 0 Å². The van der Waals surface area contributed by atoms with Crippen LogP contribution in [0, 0.1) is 34.5 Å². The van der Waals surface area contributed by atoms with Gasteiger partial charge in [0.25, 0.3) is 0 Å². The van der Waals surface area contributed by atoms with E-state index in [2.05, 4.69) is 6.92 Å². The number of rotatable bonds is 2. The highest BCUT2D eigenvalue weighted by atomic mass is 19.1. The number of allylic oxidation sites excluding steroid dienone is 4. The Bertz CT molecular complexity index is 757. The summed E-state index contributed by atoms with van der Waals surface area (Å²) in [5.41, 5.74) is -1.87. The molecule has 4 aliphatic carbocycles. The normalized spacial score (nSPS) is 51.3. The lowest BCUT2D eigenvalue weighted by Crippen LogP contribution is -2.62. The van der Waals surface area contributed by atoms with E-state index in [0.717, 1.165) is 18.4 Å². The third kappa shape index (κ3) is 2.21. The molecule has 0 saturated heterocycles. The molecular formula is C22H29FO4. The van der Waals surface area contributed by atoms with E-state index < -0.39 is 29.6 Å². The summed E-state index contributed by atoms with van der Waals surface area (Å²) in [6.45, 7) is 4.60. The molecule has 0 aromatic heterocycles. The van der Waals surface area contributed by atoms with Crippen molar-refractivity contribution in [1.29, 1.82) is 0 Å². The molecule has 3 saturated carbocycles. The topological polar surface area (TPSA) is 74.6 Å². The highest BCUT2D eigenvalue weighted by Crippen LogP contribution is 2.68. The summed E-state index contributed by atoms with van der Waals surface area (Å²) in [4.78, 5) is 24.3. The number of halogens is 1. The third-order valence-corrected chi connectivity index (χ3v) is 8.62. The molecule has 0 aromatic carbocycles. The van der Waals surface area contributed by atoms with Crippen LogP contribution in [0.5, 0.6) is 0 Å². The minimum absolute atomic E-state index is 0.00605. The van der Waals surface area contributed by atoms with Crippen LogP contribution < -0.4 is 0 Å². The van der Waals surface area contributed by atoms with Gasteiger partial charge in [-0.05, 0) is 55.6 Å². The van der Waals surface area contributed by atoms with Crippen LogP contribution in [0.2, 0.25) is 0 Å². The molecule has 148 valence electrons. The average Bonchev–Trinajstić information content (AvgIpc) is 2.82. The van der Waals surface area contributed by atoms with Crippen molar-refractivity contribution in [3.8, 4) is 0 Å². The van der Waals surface area contributed by atoms with Crippen molar-refractivity contribution in [3.63, 3.8) is 0 Å². The molecule has 3 fully saturated rings. The Labute approximate surface area is 159 Å². The van der Waals surface area contributed by atoms with Gasteiger partial charge in [0.2, 0.25) is 0 Å². The number of aliphatic hydroxyl groups excluding tert-OH is 1. The molecule has 0 aliphatic heterocycles. The van der Waals surface area contributed by atoms with Gasteiger partial charge in [0.1, 0.15) is 5.60 Å². The number of carbonyl (C=O) groups excluding carboxylic acids is 2. The van der Waals surface area contributed by atoms with Crippen LogP contribution in [-0.4, -0.2) is 40.2 Å². The maximum Gasteiger partial charge on any atom is 0.196 e. The number of carbonyl (C=O) groups is 2. The summed E-state index contributed by atoms with van der Waals surface area (Å²) in [5, 5.41) is 22.5. The van der Waals surface area contributed by atoms with E-state index in [4.69, 9.17) is 0 Å². The summed E-state index contributed by atoms with van der Waals surface area (Å²) in [6.07, 6.45) is 7.04. The molecule has 0 unspecified atom stereocenters. The van der Waals surface area contributed by atoms with Gasteiger partial charge in [0.05, 0.1) is 6.10 Å². The van der Waals surface area contributed by atoms with Crippen molar-refractivity contribution in [3.05, 3.63) is 23.8 Å². The van der Waals surface area contributed by atoms with Gasteiger partial charge in [0, 0.05) is 16.7 Å². The number of Topliss-reactive ketones (excluding diaryl/α,β-unsaturated/α-hetero) is 1.